The predicted molar refractivity (Wildman–Crippen MR) is 205 cm³/mol. The summed E-state index contributed by atoms with van der Waals surface area (Å²) in [4.78, 5) is 0.377. The molecule has 8 aromatic rings. The number of aromatic nitrogens is 2. The summed E-state index contributed by atoms with van der Waals surface area (Å²) >= 11 is 0. The molecule has 8 rings (SSSR count). The van der Waals surface area contributed by atoms with Crippen molar-refractivity contribution >= 4 is 64.8 Å². The number of rotatable bonds is 10. The lowest BCUT2D eigenvalue weighted by molar-refractivity contribution is 0.596. The third-order valence-corrected chi connectivity index (χ3v) is 11.3. The van der Waals surface area contributed by atoms with Gasteiger partial charge in [0.15, 0.2) is 0 Å². The number of benzene rings is 6. The van der Waals surface area contributed by atoms with Crippen LogP contribution in [0, 0.1) is 0 Å². The fourth-order valence-corrected chi connectivity index (χ4v) is 8.26. The van der Waals surface area contributed by atoms with E-state index in [0.717, 1.165) is 24.2 Å². The zero-order valence-corrected chi connectivity index (χ0v) is 29.3. The van der Waals surface area contributed by atoms with E-state index in [-0.39, 0.29) is 9.79 Å². The van der Waals surface area contributed by atoms with E-state index in [4.69, 9.17) is 0 Å². The van der Waals surface area contributed by atoms with E-state index in [1.165, 1.54) is 43.6 Å². The minimum Gasteiger partial charge on any atom is -0.341 e. The van der Waals surface area contributed by atoms with Crippen LogP contribution in [0.1, 0.15) is 25.0 Å². The van der Waals surface area contributed by atoms with Gasteiger partial charge in [0.1, 0.15) is 0 Å². The standard InChI is InChI=1S/C42H36N6O2S/c1-3-47-39-11-7-5-9-35(39)37-25-29(13-23-41(37)47)27-43-45-31-15-19-33(20-16-31)51(49,50)34-21-17-32(18-22-34)46-44-28-30-14-24-42-38(26-30)36-10-6-8-12-40(36)48(42)4-2/h5-26H,3-4,27-28H2,1-2H3. The summed E-state index contributed by atoms with van der Waals surface area (Å²) in [6.45, 7) is 6.96. The molecule has 0 N–H and O–H groups in total. The maximum Gasteiger partial charge on any atom is 0.206 e. The Bertz CT molecular complexity index is 2540. The van der Waals surface area contributed by atoms with Gasteiger partial charge in [0, 0.05) is 56.7 Å². The molecule has 6 aromatic carbocycles. The van der Waals surface area contributed by atoms with Crippen LogP contribution < -0.4 is 0 Å². The lowest BCUT2D eigenvalue weighted by Crippen LogP contribution is -2.01. The Kier molecular flexibility index (Phi) is 8.49. The van der Waals surface area contributed by atoms with Crippen molar-refractivity contribution in [3.05, 3.63) is 145 Å². The van der Waals surface area contributed by atoms with Crippen molar-refractivity contribution in [2.24, 2.45) is 20.5 Å². The molecule has 9 heteroatoms. The van der Waals surface area contributed by atoms with E-state index < -0.39 is 9.84 Å². The molecule has 0 aliphatic carbocycles. The van der Waals surface area contributed by atoms with Crippen LogP contribution in [0.25, 0.3) is 43.6 Å². The van der Waals surface area contributed by atoms with Gasteiger partial charge in [-0.1, -0.05) is 48.5 Å². The summed E-state index contributed by atoms with van der Waals surface area (Å²) in [6, 6.07) is 42.7. The molecule has 0 saturated heterocycles. The van der Waals surface area contributed by atoms with E-state index >= 15 is 0 Å². The number of nitrogens with zero attached hydrogens (tertiary/aromatic N) is 6. The van der Waals surface area contributed by atoms with Gasteiger partial charge in [0.25, 0.3) is 0 Å². The van der Waals surface area contributed by atoms with E-state index in [2.05, 4.69) is 128 Å². The van der Waals surface area contributed by atoms with Gasteiger partial charge in [-0.2, -0.15) is 20.5 Å². The SMILES string of the molecule is CCn1c2ccccc2c2cc(CN=Nc3ccc(S(=O)(=O)c4ccc(N=NCc5ccc6c(c5)c5ccccc5n6CC)cc4)cc3)ccc21. The van der Waals surface area contributed by atoms with Crippen molar-refractivity contribution in [3.8, 4) is 0 Å². The molecule has 51 heavy (non-hydrogen) atoms. The number of para-hydroxylation sites is 2. The highest BCUT2D eigenvalue weighted by atomic mass is 32.2. The number of hydrogen-bond acceptors (Lipinski definition) is 6. The summed E-state index contributed by atoms with van der Waals surface area (Å²) in [5, 5.41) is 22.4. The van der Waals surface area contributed by atoms with Crippen molar-refractivity contribution in [3.63, 3.8) is 0 Å². The largest absolute Gasteiger partial charge is 0.341 e. The Morgan fingerprint density at radius 3 is 1.27 bits per heavy atom. The first-order valence-electron chi connectivity index (χ1n) is 17.1. The van der Waals surface area contributed by atoms with E-state index in [1.807, 2.05) is 0 Å². The molecule has 0 amide bonds. The Morgan fingerprint density at radius 2 is 0.863 bits per heavy atom. The highest BCUT2D eigenvalue weighted by Gasteiger charge is 2.18. The maximum atomic E-state index is 13.4. The first-order valence-corrected chi connectivity index (χ1v) is 18.6. The molecule has 0 fully saturated rings. The van der Waals surface area contributed by atoms with Gasteiger partial charge in [-0.3, -0.25) is 0 Å². The molecule has 0 aliphatic rings. The first kappa shape index (κ1) is 32.3. The van der Waals surface area contributed by atoms with Crippen LogP contribution in [0.4, 0.5) is 11.4 Å². The number of sulfone groups is 1. The van der Waals surface area contributed by atoms with Gasteiger partial charge in [-0.05, 0) is 110 Å². The Hall–Kier alpha value is -5.93. The normalized spacial score (nSPS) is 12.4. The highest BCUT2D eigenvalue weighted by Crippen LogP contribution is 2.32. The highest BCUT2D eigenvalue weighted by molar-refractivity contribution is 7.91. The number of hydrogen-bond donors (Lipinski definition) is 0. The zero-order chi connectivity index (χ0) is 35.0. The van der Waals surface area contributed by atoms with Crippen molar-refractivity contribution in [2.75, 3.05) is 0 Å². The average molecular weight is 689 g/mol. The summed E-state index contributed by atoms with van der Waals surface area (Å²) in [5.74, 6) is 0. The molecule has 0 bridgehead atoms. The third-order valence-electron chi connectivity index (χ3n) is 9.48. The number of azo groups is 2. The van der Waals surface area contributed by atoms with Crippen molar-refractivity contribution < 1.29 is 8.42 Å². The molecule has 2 aromatic heterocycles. The average Bonchev–Trinajstić information content (AvgIpc) is 3.66. The van der Waals surface area contributed by atoms with Crippen molar-refractivity contribution in [1.82, 2.24) is 9.13 Å². The third kappa shape index (κ3) is 5.99. The van der Waals surface area contributed by atoms with Gasteiger partial charge in [0.05, 0.1) is 34.3 Å². The molecule has 8 nitrogen and oxygen atoms in total. The molecule has 0 saturated carbocycles. The molecule has 0 radical (unpaired) electrons. The molecular weight excluding hydrogens is 653 g/mol. The van der Waals surface area contributed by atoms with Crippen LogP contribution in [0.5, 0.6) is 0 Å². The lowest BCUT2D eigenvalue weighted by atomic mass is 10.1. The lowest BCUT2D eigenvalue weighted by Gasteiger charge is -2.05. The molecule has 2 heterocycles. The number of fused-ring (bicyclic) bond motifs is 6. The van der Waals surface area contributed by atoms with E-state index in [1.54, 1.807) is 48.5 Å². The van der Waals surface area contributed by atoms with Crippen LogP contribution in [0.15, 0.2) is 164 Å². The monoisotopic (exact) mass is 688 g/mol. The summed E-state index contributed by atoms with van der Waals surface area (Å²) in [5.41, 5.74) is 8.15. The van der Waals surface area contributed by atoms with E-state index in [0.29, 0.717) is 24.5 Å². The maximum absolute atomic E-state index is 13.4. The molecule has 252 valence electrons. The second-order valence-corrected chi connectivity index (χ2v) is 14.5. The molecule has 0 unspecified atom stereocenters. The quantitative estimate of drug-likeness (QED) is 0.134. The van der Waals surface area contributed by atoms with Gasteiger partial charge >= 0.3 is 0 Å². The molecule has 0 aliphatic heterocycles. The van der Waals surface area contributed by atoms with Crippen LogP contribution in [0.2, 0.25) is 0 Å². The minimum atomic E-state index is -3.73. The smallest absolute Gasteiger partial charge is 0.206 e. The summed E-state index contributed by atoms with van der Waals surface area (Å²) < 4.78 is 31.4. The minimum absolute atomic E-state index is 0.188. The molecule has 0 spiro atoms. The van der Waals surface area contributed by atoms with Gasteiger partial charge in [-0.15, -0.1) is 0 Å². The topological polar surface area (TPSA) is 93.4 Å². The van der Waals surface area contributed by atoms with Gasteiger partial charge in [0.2, 0.25) is 9.84 Å². The molecular formula is C42H36N6O2S. The van der Waals surface area contributed by atoms with E-state index in [9.17, 15) is 8.42 Å². The second kappa shape index (κ2) is 13.4. The Balaban J connectivity index is 0.918. The van der Waals surface area contributed by atoms with Crippen LogP contribution in [0.3, 0.4) is 0 Å². The molecule has 0 atom stereocenters. The zero-order valence-electron chi connectivity index (χ0n) is 28.4. The van der Waals surface area contributed by atoms with Crippen molar-refractivity contribution in [2.45, 2.75) is 49.8 Å². The van der Waals surface area contributed by atoms with Crippen molar-refractivity contribution in [1.29, 1.82) is 0 Å². The second-order valence-electron chi connectivity index (χ2n) is 12.5. The van der Waals surface area contributed by atoms with Gasteiger partial charge in [-0.25, -0.2) is 8.42 Å². The summed E-state index contributed by atoms with van der Waals surface area (Å²) in [7, 11) is -3.73. The number of aryl methyl sites for hydroxylation is 2. The predicted octanol–water partition coefficient (Wildman–Crippen LogP) is 11.3. The Labute approximate surface area is 296 Å². The van der Waals surface area contributed by atoms with Gasteiger partial charge < -0.3 is 9.13 Å². The Morgan fingerprint density at radius 1 is 0.471 bits per heavy atom. The van der Waals surface area contributed by atoms with Crippen LogP contribution >= 0.6 is 0 Å². The summed E-state index contributed by atoms with van der Waals surface area (Å²) in [6.07, 6.45) is 0. The first-order chi connectivity index (χ1) is 24.9. The van der Waals surface area contributed by atoms with Crippen LogP contribution in [-0.4, -0.2) is 17.6 Å². The van der Waals surface area contributed by atoms with Crippen LogP contribution in [-0.2, 0) is 36.0 Å². The fourth-order valence-electron chi connectivity index (χ4n) is 7.00. The fraction of sp³-hybridized carbons (Fsp3) is 0.143.